The van der Waals surface area contributed by atoms with Crippen molar-refractivity contribution in [3.63, 3.8) is 0 Å². The molecule has 0 amide bonds. The molecule has 0 N–H and O–H groups in total. The number of aromatic nitrogens is 17. The van der Waals surface area contributed by atoms with E-state index in [1.54, 1.807) is 41.9 Å². The highest BCUT2D eigenvalue weighted by Crippen LogP contribution is 2.23. The minimum absolute atomic E-state index is 0.0649. The van der Waals surface area contributed by atoms with Gasteiger partial charge in [0.1, 0.15) is 41.0 Å². The van der Waals surface area contributed by atoms with Crippen LogP contribution in [0.4, 0.5) is 0 Å². The van der Waals surface area contributed by atoms with Gasteiger partial charge in [-0.1, -0.05) is 158 Å². The summed E-state index contributed by atoms with van der Waals surface area (Å²) in [6, 6.07) is 14.2. The molecule has 75 heavy (non-hydrogen) atoms. The van der Waals surface area contributed by atoms with Crippen molar-refractivity contribution >= 4 is 50.3 Å². The molecule has 17 heteroatoms. The van der Waals surface area contributed by atoms with E-state index in [1.165, 1.54) is 5.52 Å². The zero-order valence-electron chi connectivity index (χ0n) is 50.9. The van der Waals surface area contributed by atoms with E-state index in [4.69, 9.17) is 0 Å². The molecule has 0 aliphatic carbocycles. The van der Waals surface area contributed by atoms with Crippen LogP contribution < -0.4 is 0 Å². The highest BCUT2D eigenvalue weighted by Gasteiger charge is 2.22. The highest BCUT2D eigenvalue weighted by atomic mass is 15.5. The molecule has 412 valence electrons. The first kappa shape index (κ1) is 66.1. The molecule has 0 fully saturated rings. The van der Waals surface area contributed by atoms with E-state index in [9.17, 15) is 0 Å². The minimum Gasteiger partial charge on any atom is -0.331 e. The van der Waals surface area contributed by atoms with Crippen molar-refractivity contribution in [2.75, 3.05) is 0 Å². The summed E-state index contributed by atoms with van der Waals surface area (Å²) >= 11 is 0. The maximum Gasteiger partial charge on any atom is 0.197 e. The summed E-state index contributed by atoms with van der Waals surface area (Å²) in [5.41, 5.74) is 8.70. The summed E-state index contributed by atoms with van der Waals surface area (Å²) in [7, 11) is 10.1. The normalized spacial score (nSPS) is 10.5. The van der Waals surface area contributed by atoms with E-state index in [0.717, 1.165) is 73.9 Å². The van der Waals surface area contributed by atoms with E-state index in [2.05, 4.69) is 164 Å². The quantitative estimate of drug-likeness (QED) is 0.164. The Morgan fingerprint density at radius 1 is 0.427 bits per heavy atom. The molecule has 0 bridgehead atoms. The van der Waals surface area contributed by atoms with Crippen LogP contribution in [0.5, 0.6) is 0 Å². The van der Waals surface area contributed by atoms with Crippen molar-refractivity contribution in [1.29, 1.82) is 0 Å². The number of imidazole rings is 4. The SMILES string of the molecule is CC.CC.CC.CC.CC.CC(C)c1nc2ccccc2n1C.CC(C)c1nc2cncnc2n1C.CC(C)c1nc2ncccc2n1C.CC(C)c1nc2nccnc2n1C.Cn1c(C(C)(C)C)nn2nccc12. The van der Waals surface area contributed by atoms with Crippen LogP contribution in [0, 0.1) is 0 Å². The first-order chi connectivity index (χ1) is 35.8. The van der Waals surface area contributed by atoms with Gasteiger partial charge in [-0.15, -0.1) is 9.73 Å². The smallest absolute Gasteiger partial charge is 0.197 e. The van der Waals surface area contributed by atoms with Gasteiger partial charge in [0.2, 0.25) is 0 Å². The average molecular weight is 1030 g/mol. The molecule has 0 aliphatic rings. The lowest BCUT2D eigenvalue weighted by Crippen LogP contribution is -2.17. The number of rotatable bonds is 4. The van der Waals surface area contributed by atoms with Gasteiger partial charge in [-0.05, 0) is 24.3 Å². The van der Waals surface area contributed by atoms with Crippen molar-refractivity contribution in [3.8, 4) is 0 Å². The number of para-hydroxylation sites is 2. The second-order valence-corrected chi connectivity index (χ2v) is 18.3. The Kier molecular flexibility index (Phi) is 28.6. The zero-order valence-corrected chi connectivity index (χ0v) is 50.9. The fraction of sp³-hybridized carbons (Fsp3) is 0.534. The molecular weight excluding hydrogens is 935 g/mol. The Morgan fingerprint density at radius 2 is 0.893 bits per heavy atom. The topological polar surface area (TPSA) is 171 Å². The van der Waals surface area contributed by atoms with Gasteiger partial charge < -0.3 is 22.8 Å². The van der Waals surface area contributed by atoms with Gasteiger partial charge >= 0.3 is 0 Å². The van der Waals surface area contributed by atoms with Gasteiger partial charge in [-0.25, -0.2) is 44.9 Å². The van der Waals surface area contributed by atoms with Gasteiger partial charge in [0.15, 0.2) is 28.2 Å². The number of pyridine rings is 1. The molecule has 10 rings (SSSR count). The molecule has 9 heterocycles. The van der Waals surface area contributed by atoms with E-state index in [1.807, 2.05) is 137 Å². The van der Waals surface area contributed by atoms with E-state index < -0.39 is 0 Å². The first-order valence-electron chi connectivity index (χ1n) is 27.1. The third kappa shape index (κ3) is 17.1. The molecule has 0 atom stereocenters. The second kappa shape index (κ2) is 32.4. The average Bonchev–Trinajstić information content (AvgIpc) is 4.29. The molecule has 10 aromatic rings. The third-order valence-electron chi connectivity index (χ3n) is 10.8. The number of nitrogens with zero attached hydrogens (tertiary/aromatic N) is 17. The molecule has 0 radical (unpaired) electrons. The molecule has 0 saturated carbocycles. The molecule has 1 aromatic carbocycles. The Bertz CT molecular complexity index is 2790. The van der Waals surface area contributed by atoms with Crippen LogP contribution >= 0.6 is 0 Å². The van der Waals surface area contributed by atoms with Crippen molar-refractivity contribution in [1.82, 2.24) is 82.5 Å². The van der Waals surface area contributed by atoms with Crippen LogP contribution in [-0.2, 0) is 40.7 Å². The predicted molar refractivity (Wildman–Crippen MR) is 316 cm³/mol. The lowest BCUT2D eigenvalue weighted by molar-refractivity contribution is 0.517. The number of fused-ring (bicyclic) bond motifs is 5. The largest absolute Gasteiger partial charge is 0.331 e. The maximum atomic E-state index is 4.57. The molecule has 17 nitrogen and oxygen atoms in total. The highest BCUT2D eigenvalue weighted by molar-refractivity contribution is 5.76. The van der Waals surface area contributed by atoms with Crippen molar-refractivity contribution < 1.29 is 0 Å². The number of aryl methyl sites for hydroxylation is 5. The maximum absolute atomic E-state index is 4.57. The molecule has 0 unspecified atom stereocenters. The number of hydrogen-bond acceptors (Lipinski definition) is 11. The van der Waals surface area contributed by atoms with Crippen LogP contribution in [0.25, 0.3) is 50.3 Å². The van der Waals surface area contributed by atoms with Gasteiger partial charge in [0.05, 0.1) is 28.9 Å². The second-order valence-electron chi connectivity index (χ2n) is 18.3. The Morgan fingerprint density at radius 3 is 1.41 bits per heavy atom. The molecule has 0 spiro atoms. The van der Waals surface area contributed by atoms with Crippen LogP contribution in [0.1, 0.15) is 198 Å². The van der Waals surface area contributed by atoms with E-state index in [-0.39, 0.29) is 5.41 Å². The summed E-state index contributed by atoms with van der Waals surface area (Å²) in [4.78, 5) is 38.6. The summed E-state index contributed by atoms with van der Waals surface area (Å²) in [5.74, 6) is 7.12. The molecule has 0 saturated heterocycles. The fourth-order valence-corrected chi connectivity index (χ4v) is 7.69. The van der Waals surface area contributed by atoms with Crippen LogP contribution in [0.15, 0.2) is 79.8 Å². The van der Waals surface area contributed by atoms with E-state index >= 15 is 0 Å². The third-order valence-corrected chi connectivity index (χ3v) is 10.8. The fourth-order valence-electron chi connectivity index (χ4n) is 7.69. The molecule has 9 aromatic heterocycles. The predicted octanol–water partition coefficient (Wildman–Crippen LogP) is 14.3. The van der Waals surface area contributed by atoms with Gasteiger partial charge in [-0.2, -0.15) is 5.10 Å². The molecular formula is C58H95N17. The van der Waals surface area contributed by atoms with Crippen molar-refractivity contribution in [2.45, 2.75) is 174 Å². The first-order valence-corrected chi connectivity index (χ1v) is 27.1. The Labute approximate surface area is 449 Å². The van der Waals surface area contributed by atoms with Gasteiger partial charge in [-0.3, -0.25) is 0 Å². The standard InChI is InChI=1S/C11H14N2.C10H13N3.C9H14N4.2C9H12N4.5C2H6/c1-8(2)11-12-9-6-4-5-7-10(9)13(11)3;1-7(2)10-12-9-8(13(10)3)5-4-6-11-9;1-9(2,3)8-11-13-7(12(8)4)5-6-10-13;1-6(2)8-12-7-4-10-5-11-9(7)13(8)3;1-6(2)8-12-7-9(13(8)3)11-5-4-10-7;5*1-2/h4-8H,1-3H3;4-7H,1-3H3;5-6H,1-4H3;2*4-6H,1-3H3;5*1-2H3. The van der Waals surface area contributed by atoms with Crippen molar-refractivity contribution in [3.05, 3.63) is 109 Å². The van der Waals surface area contributed by atoms with Crippen LogP contribution in [0.2, 0.25) is 0 Å². The Balaban J connectivity index is 0.000000449. The summed E-state index contributed by atoms with van der Waals surface area (Å²) in [6.07, 6.45) is 10.2. The number of hydrogen-bond donors (Lipinski definition) is 0. The monoisotopic (exact) mass is 1030 g/mol. The lowest BCUT2D eigenvalue weighted by atomic mass is 9.96. The van der Waals surface area contributed by atoms with Crippen LogP contribution in [0.3, 0.4) is 0 Å². The van der Waals surface area contributed by atoms with Crippen molar-refractivity contribution in [2.24, 2.45) is 35.2 Å². The van der Waals surface area contributed by atoms with Crippen LogP contribution in [-0.4, -0.2) is 82.5 Å². The summed E-state index contributed by atoms with van der Waals surface area (Å²) < 4.78 is 12.0. The number of benzene rings is 1. The van der Waals surface area contributed by atoms with E-state index in [0.29, 0.717) is 23.7 Å². The van der Waals surface area contributed by atoms with Gasteiger partial charge in [0, 0.05) is 89.0 Å². The lowest BCUT2D eigenvalue weighted by Gasteiger charge is -2.16. The van der Waals surface area contributed by atoms with Gasteiger partial charge in [0.25, 0.3) is 0 Å². The minimum atomic E-state index is 0.0649. The zero-order chi connectivity index (χ0) is 57.3. The molecule has 0 aliphatic heterocycles. The summed E-state index contributed by atoms with van der Waals surface area (Å²) in [6.45, 7) is 43.5. The Hall–Kier alpha value is -6.91. The summed E-state index contributed by atoms with van der Waals surface area (Å²) in [5, 5.41) is 8.51.